The molecule has 0 unspecified atom stereocenters. The number of hydrogen-bond acceptors (Lipinski definition) is 5. The highest BCUT2D eigenvalue weighted by Gasteiger charge is 2.38. The number of nitrogens with one attached hydrogen (secondary N) is 3. The molecule has 4 N–H and O–H groups in total. The van der Waals surface area contributed by atoms with Crippen LogP contribution in [0.5, 0.6) is 0 Å². The van der Waals surface area contributed by atoms with Crippen molar-refractivity contribution in [2.45, 2.75) is 51.4 Å². The Bertz CT molecular complexity index is 1070. The molecule has 1 aliphatic carbocycles. The summed E-state index contributed by atoms with van der Waals surface area (Å²) in [6.45, 7) is 1.78. The number of aromatic amines is 1. The van der Waals surface area contributed by atoms with Crippen molar-refractivity contribution in [3.8, 4) is 0 Å². The molecule has 172 valence electrons. The van der Waals surface area contributed by atoms with E-state index < -0.39 is 12.1 Å². The number of alkyl halides is 3. The maximum atomic E-state index is 12.6. The first-order valence-corrected chi connectivity index (χ1v) is 10.2. The van der Waals surface area contributed by atoms with Crippen LogP contribution >= 0.6 is 0 Å². The van der Waals surface area contributed by atoms with Crippen molar-refractivity contribution in [2.24, 2.45) is 0 Å². The van der Waals surface area contributed by atoms with E-state index in [9.17, 15) is 22.8 Å². The summed E-state index contributed by atoms with van der Waals surface area (Å²) >= 11 is 0. The zero-order valence-electron chi connectivity index (χ0n) is 17.1. The lowest BCUT2D eigenvalue weighted by Gasteiger charge is -2.19. The lowest BCUT2D eigenvalue weighted by Crippen LogP contribution is -2.31. The number of aliphatic carboxylic acids is 1. The molecule has 0 saturated heterocycles. The van der Waals surface area contributed by atoms with Crippen LogP contribution in [0.4, 0.5) is 13.2 Å². The van der Waals surface area contributed by atoms with Gasteiger partial charge in [0.05, 0.1) is 0 Å². The Morgan fingerprint density at radius 3 is 2.62 bits per heavy atom. The molecule has 4 rings (SSSR count). The molecule has 1 amide bonds. The standard InChI is InChI=1S/C19H22N4O2.C2HF3O2/c24-18-13(9-12-3-1-2-4-16(12)23-18)10-22-19(25)14-5-8-21-17-6-7-20-11-15(14)17;3-2(4,5)1(6)7/h5,8-9,20H,1-4,6-7,10-11H2,(H,22,25)(H,23,24);(H,6,7). The highest BCUT2D eigenvalue weighted by molar-refractivity contribution is 5.95. The zero-order valence-corrected chi connectivity index (χ0v) is 17.1. The van der Waals surface area contributed by atoms with Gasteiger partial charge in [-0.3, -0.25) is 14.6 Å². The average Bonchev–Trinajstić information content (AvgIpc) is 2.77. The van der Waals surface area contributed by atoms with Crippen LogP contribution in [-0.2, 0) is 37.1 Å². The number of rotatable bonds is 3. The number of pyridine rings is 2. The Balaban J connectivity index is 0.000000360. The van der Waals surface area contributed by atoms with E-state index in [1.165, 1.54) is 5.56 Å². The Hall–Kier alpha value is -3.21. The van der Waals surface area contributed by atoms with E-state index in [0.29, 0.717) is 17.7 Å². The smallest absolute Gasteiger partial charge is 0.475 e. The zero-order chi connectivity index (χ0) is 23.3. The van der Waals surface area contributed by atoms with Gasteiger partial charge in [0.2, 0.25) is 0 Å². The van der Waals surface area contributed by atoms with E-state index in [-0.39, 0.29) is 18.0 Å². The minimum absolute atomic E-state index is 0.0978. The quantitative estimate of drug-likeness (QED) is 0.564. The first-order chi connectivity index (χ1) is 15.2. The van der Waals surface area contributed by atoms with Gasteiger partial charge in [0, 0.05) is 60.3 Å². The average molecular weight is 452 g/mol. The number of carboxylic acids is 1. The summed E-state index contributed by atoms with van der Waals surface area (Å²) in [4.78, 5) is 41.1. The molecule has 1 aliphatic heterocycles. The van der Waals surface area contributed by atoms with Crippen LogP contribution in [0.2, 0.25) is 0 Å². The predicted molar refractivity (Wildman–Crippen MR) is 108 cm³/mol. The maximum Gasteiger partial charge on any atom is 0.490 e. The molecule has 11 heteroatoms. The van der Waals surface area contributed by atoms with Crippen LogP contribution < -0.4 is 16.2 Å². The third-order valence-corrected chi connectivity index (χ3v) is 5.33. The number of H-pyrrole nitrogens is 1. The van der Waals surface area contributed by atoms with Gasteiger partial charge in [0.1, 0.15) is 0 Å². The van der Waals surface area contributed by atoms with Crippen LogP contribution in [-0.4, -0.2) is 39.7 Å². The van der Waals surface area contributed by atoms with E-state index in [0.717, 1.165) is 55.6 Å². The molecule has 32 heavy (non-hydrogen) atoms. The Morgan fingerprint density at radius 2 is 1.91 bits per heavy atom. The highest BCUT2D eigenvalue weighted by Crippen LogP contribution is 2.19. The van der Waals surface area contributed by atoms with Crippen molar-refractivity contribution < 1.29 is 27.9 Å². The van der Waals surface area contributed by atoms with Gasteiger partial charge in [0.25, 0.3) is 11.5 Å². The summed E-state index contributed by atoms with van der Waals surface area (Å²) < 4.78 is 31.7. The fraction of sp³-hybridized carbons (Fsp3) is 0.429. The van der Waals surface area contributed by atoms with Crippen LogP contribution in [0, 0.1) is 0 Å². The molecule has 2 aromatic rings. The first-order valence-electron chi connectivity index (χ1n) is 10.2. The Kier molecular flexibility index (Phi) is 7.29. The van der Waals surface area contributed by atoms with E-state index in [4.69, 9.17) is 9.90 Å². The monoisotopic (exact) mass is 452 g/mol. The Morgan fingerprint density at radius 1 is 1.19 bits per heavy atom. The van der Waals surface area contributed by atoms with Crippen molar-refractivity contribution in [3.63, 3.8) is 0 Å². The van der Waals surface area contributed by atoms with Gasteiger partial charge in [-0.05, 0) is 43.4 Å². The minimum atomic E-state index is -5.08. The summed E-state index contributed by atoms with van der Waals surface area (Å²) in [5.74, 6) is -2.91. The number of aromatic nitrogens is 2. The number of hydrogen-bond donors (Lipinski definition) is 4. The van der Waals surface area contributed by atoms with Gasteiger partial charge in [-0.25, -0.2) is 4.79 Å². The number of aryl methyl sites for hydroxylation is 2. The number of carbonyl (C=O) groups excluding carboxylic acids is 1. The van der Waals surface area contributed by atoms with Crippen LogP contribution in [0.3, 0.4) is 0 Å². The molecule has 0 aromatic carbocycles. The Labute approximate surface area is 181 Å². The fourth-order valence-corrected chi connectivity index (χ4v) is 3.71. The topological polar surface area (TPSA) is 124 Å². The number of nitrogens with zero attached hydrogens (tertiary/aromatic N) is 1. The molecule has 0 atom stereocenters. The second kappa shape index (κ2) is 9.94. The van der Waals surface area contributed by atoms with Crippen LogP contribution in [0.15, 0.2) is 23.1 Å². The molecule has 2 aromatic heterocycles. The minimum Gasteiger partial charge on any atom is -0.475 e. The van der Waals surface area contributed by atoms with Gasteiger partial charge < -0.3 is 20.7 Å². The molecule has 8 nitrogen and oxygen atoms in total. The molecular formula is C21H23F3N4O4. The molecular weight excluding hydrogens is 429 g/mol. The molecule has 2 aliphatic rings. The van der Waals surface area contributed by atoms with Gasteiger partial charge in [-0.15, -0.1) is 0 Å². The van der Waals surface area contributed by atoms with Crippen LogP contribution in [0.25, 0.3) is 0 Å². The van der Waals surface area contributed by atoms with E-state index in [2.05, 4.69) is 20.6 Å². The van der Waals surface area contributed by atoms with E-state index in [1.54, 1.807) is 12.3 Å². The maximum absolute atomic E-state index is 12.6. The SMILES string of the molecule is O=C(NCc1cc2c([nH]c1=O)CCCC2)c1ccnc2c1CNCC2.O=C(O)C(F)(F)F. The molecule has 0 bridgehead atoms. The number of amides is 1. The number of halogens is 3. The van der Waals surface area contributed by atoms with Gasteiger partial charge in [0.15, 0.2) is 0 Å². The number of fused-ring (bicyclic) bond motifs is 2. The summed E-state index contributed by atoms with van der Waals surface area (Å²) in [6.07, 6.45) is 1.65. The summed E-state index contributed by atoms with van der Waals surface area (Å²) in [5, 5.41) is 13.3. The largest absolute Gasteiger partial charge is 0.490 e. The first kappa shape index (κ1) is 23.5. The lowest BCUT2D eigenvalue weighted by atomic mass is 9.95. The molecule has 0 spiro atoms. The number of carboxylic acid groups (broad SMARTS) is 1. The molecule has 0 fully saturated rings. The normalized spacial score (nSPS) is 15.0. The third-order valence-electron chi connectivity index (χ3n) is 5.33. The van der Waals surface area contributed by atoms with E-state index in [1.807, 2.05) is 6.07 Å². The summed E-state index contributed by atoms with van der Waals surface area (Å²) in [5.41, 5.74) is 5.38. The lowest BCUT2D eigenvalue weighted by molar-refractivity contribution is -0.192. The van der Waals surface area contributed by atoms with E-state index >= 15 is 0 Å². The number of carbonyl (C=O) groups is 2. The van der Waals surface area contributed by atoms with Gasteiger partial charge in [-0.1, -0.05) is 0 Å². The molecule has 0 saturated carbocycles. The second-order valence-electron chi connectivity index (χ2n) is 7.53. The van der Waals surface area contributed by atoms with Gasteiger partial charge in [-0.2, -0.15) is 13.2 Å². The van der Waals surface area contributed by atoms with Crippen molar-refractivity contribution in [2.75, 3.05) is 6.54 Å². The second-order valence-corrected chi connectivity index (χ2v) is 7.53. The highest BCUT2D eigenvalue weighted by atomic mass is 19.4. The molecule has 3 heterocycles. The summed E-state index contributed by atoms with van der Waals surface area (Å²) in [6, 6.07) is 3.70. The van der Waals surface area contributed by atoms with Crippen molar-refractivity contribution in [1.29, 1.82) is 0 Å². The fourth-order valence-electron chi connectivity index (χ4n) is 3.71. The van der Waals surface area contributed by atoms with Crippen molar-refractivity contribution in [3.05, 3.63) is 62.3 Å². The predicted octanol–water partition coefficient (Wildman–Crippen LogP) is 1.86. The molecule has 0 radical (unpaired) electrons. The van der Waals surface area contributed by atoms with Crippen LogP contribution in [0.1, 0.15) is 51.3 Å². The van der Waals surface area contributed by atoms with Crippen molar-refractivity contribution in [1.82, 2.24) is 20.6 Å². The summed E-state index contributed by atoms with van der Waals surface area (Å²) in [7, 11) is 0. The van der Waals surface area contributed by atoms with Crippen molar-refractivity contribution >= 4 is 11.9 Å². The van der Waals surface area contributed by atoms with Gasteiger partial charge >= 0.3 is 12.1 Å². The third kappa shape index (κ3) is 5.72.